The third-order valence-corrected chi connectivity index (χ3v) is 6.24. The average molecular weight is 596 g/mol. The largest absolute Gasteiger partial charge is 0.481 e. The minimum atomic E-state index is -4.83. The van der Waals surface area contributed by atoms with Gasteiger partial charge in [0.2, 0.25) is 11.8 Å². The van der Waals surface area contributed by atoms with Crippen LogP contribution in [0.25, 0.3) is 0 Å². The Kier molecular flexibility index (Phi) is 9.12. The van der Waals surface area contributed by atoms with Crippen LogP contribution >= 0.6 is 0 Å². The van der Waals surface area contributed by atoms with E-state index in [9.17, 15) is 27.9 Å². The zero-order valence-electron chi connectivity index (χ0n) is 23.6. The minimum absolute atomic E-state index is 0.0472. The molecule has 2 aromatic heterocycles. The topological polar surface area (TPSA) is 127 Å². The number of nitrogens with one attached hydrogen (secondary N) is 1. The Morgan fingerprint density at radius 2 is 1.74 bits per heavy atom. The lowest BCUT2D eigenvalue weighted by Crippen LogP contribution is -2.38. The predicted octanol–water partition coefficient (Wildman–Crippen LogP) is 6.37. The van der Waals surface area contributed by atoms with Gasteiger partial charge >= 0.3 is 12.1 Å². The number of carbonyl (C=O) groups excluding carboxylic acids is 1. The Morgan fingerprint density at radius 1 is 1.02 bits per heavy atom. The number of nitrogens with zero attached hydrogens (tertiary/aromatic N) is 4. The number of rotatable bonds is 10. The first kappa shape index (κ1) is 30.8. The van der Waals surface area contributed by atoms with Crippen LogP contribution in [0, 0.1) is 6.92 Å². The van der Waals surface area contributed by atoms with Crippen LogP contribution in [0.5, 0.6) is 17.5 Å². The van der Waals surface area contributed by atoms with Crippen LogP contribution in [0.4, 0.5) is 24.7 Å². The van der Waals surface area contributed by atoms with Crippen molar-refractivity contribution in [1.82, 2.24) is 15.0 Å². The molecule has 4 rings (SSSR count). The second-order valence-electron chi connectivity index (χ2n) is 9.71. The molecule has 2 N–H and O–H groups in total. The fourth-order valence-corrected chi connectivity index (χ4v) is 4.15. The molecule has 0 unspecified atom stereocenters. The molecule has 0 aliphatic rings. The first-order valence-corrected chi connectivity index (χ1v) is 13.0. The van der Waals surface area contributed by atoms with Crippen molar-refractivity contribution >= 4 is 23.4 Å². The summed E-state index contributed by atoms with van der Waals surface area (Å²) in [5, 5.41) is 12.8. The maximum absolute atomic E-state index is 14.0. The minimum Gasteiger partial charge on any atom is -0.481 e. The van der Waals surface area contributed by atoms with Crippen LogP contribution in [-0.4, -0.2) is 45.1 Å². The molecule has 1 amide bonds. The number of methoxy groups -OCH3 is 1. The Labute approximate surface area is 245 Å². The van der Waals surface area contributed by atoms with E-state index in [1.54, 1.807) is 38.1 Å². The van der Waals surface area contributed by atoms with Crippen LogP contribution in [0.3, 0.4) is 0 Å². The van der Waals surface area contributed by atoms with E-state index >= 15 is 0 Å². The number of benzene rings is 2. The molecular weight excluding hydrogens is 567 g/mol. The highest BCUT2D eigenvalue weighted by Gasteiger charge is 2.36. The summed E-state index contributed by atoms with van der Waals surface area (Å²) in [6, 6.07) is 12.4. The molecule has 2 heterocycles. The Morgan fingerprint density at radius 3 is 2.37 bits per heavy atom. The zero-order valence-corrected chi connectivity index (χ0v) is 23.6. The van der Waals surface area contributed by atoms with Gasteiger partial charge in [-0.15, -0.1) is 0 Å². The van der Waals surface area contributed by atoms with Gasteiger partial charge in [0.15, 0.2) is 0 Å². The highest BCUT2D eigenvalue weighted by molar-refractivity contribution is 6.09. The molecule has 0 bridgehead atoms. The predicted molar refractivity (Wildman–Crippen MR) is 152 cm³/mol. The smallest absolute Gasteiger partial charge is 0.421 e. The Bertz CT molecular complexity index is 1630. The molecule has 13 heteroatoms. The van der Waals surface area contributed by atoms with E-state index in [2.05, 4.69) is 20.3 Å². The highest BCUT2D eigenvalue weighted by atomic mass is 19.4. The summed E-state index contributed by atoms with van der Waals surface area (Å²) in [5.74, 6) is -2.19. The first-order chi connectivity index (χ1) is 20.4. The van der Waals surface area contributed by atoms with Crippen molar-refractivity contribution < 1.29 is 37.3 Å². The van der Waals surface area contributed by atoms with Gasteiger partial charge in [-0.25, -0.2) is 19.7 Å². The van der Waals surface area contributed by atoms with Crippen molar-refractivity contribution in [2.75, 3.05) is 17.3 Å². The molecule has 0 radical (unpaired) electrons. The highest BCUT2D eigenvalue weighted by Crippen LogP contribution is 2.38. The quantitative estimate of drug-likeness (QED) is 0.215. The lowest BCUT2D eigenvalue weighted by atomic mass is 10.1. The number of aryl methyl sites for hydroxylation is 1. The van der Waals surface area contributed by atoms with Gasteiger partial charge in [0, 0.05) is 30.4 Å². The molecule has 0 fully saturated rings. The Hall–Kier alpha value is -5.20. The third kappa shape index (κ3) is 7.36. The van der Waals surface area contributed by atoms with E-state index < -0.39 is 35.5 Å². The standard InChI is InChI=1S/C30H28F3N5O5/c1-17(2)38(28(39)20-7-5-18(3)6-8-20)24-10-9-21(12-22(24)29(40)41)43-27-23(30(31,32)33)11-19(15-35-27)14-34-25-13-26(42-4)37-16-36-25/h5-13,15-17H,14H2,1-4H3,(H,40,41)(H,34,36,37). The molecule has 0 saturated carbocycles. The van der Waals surface area contributed by atoms with E-state index in [-0.39, 0.29) is 35.0 Å². The number of hydrogen-bond donors (Lipinski definition) is 2. The molecule has 0 saturated heterocycles. The van der Waals surface area contributed by atoms with Crippen molar-refractivity contribution in [2.24, 2.45) is 0 Å². The second kappa shape index (κ2) is 12.8. The lowest BCUT2D eigenvalue weighted by Gasteiger charge is -2.28. The second-order valence-corrected chi connectivity index (χ2v) is 9.71. The van der Waals surface area contributed by atoms with Gasteiger partial charge in [0.1, 0.15) is 23.5 Å². The van der Waals surface area contributed by atoms with Crippen LogP contribution in [-0.2, 0) is 12.7 Å². The van der Waals surface area contributed by atoms with Gasteiger partial charge < -0.3 is 24.8 Å². The number of pyridine rings is 1. The van der Waals surface area contributed by atoms with Crippen molar-refractivity contribution in [2.45, 2.75) is 39.5 Å². The molecule has 0 aliphatic carbocycles. The molecule has 43 heavy (non-hydrogen) atoms. The summed E-state index contributed by atoms with van der Waals surface area (Å²) in [7, 11) is 1.42. The zero-order chi connectivity index (χ0) is 31.3. The van der Waals surface area contributed by atoms with Crippen molar-refractivity contribution in [3.05, 3.63) is 94.9 Å². The van der Waals surface area contributed by atoms with Crippen molar-refractivity contribution in [1.29, 1.82) is 0 Å². The normalized spacial score (nSPS) is 11.3. The molecule has 0 atom stereocenters. The van der Waals surface area contributed by atoms with E-state index in [0.29, 0.717) is 11.4 Å². The van der Waals surface area contributed by atoms with Gasteiger partial charge in [-0.3, -0.25) is 4.79 Å². The van der Waals surface area contributed by atoms with Crippen molar-refractivity contribution in [3.63, 3.8) is 0 Å². The summed E-state index contributed by atoms with van der Waals surface area (Å²) in [4.78, 5) is 38.6. The maximum atomic E-state index is 14.0. The van der Waals surface area contributed by atoms with Gasteiger partial charge in [-0.1, -0.05) is 17.7 Å². The van der Waals surface area contributed by atoms with E-state index in [0.717, 1.165) is 17.7 Å². The molecular formula is C30H28F3N5O5. The monoisotopic (exact) mass is 595 g/mol. The SMILES string of the molecule is COc1cc(NCc2cnc(Oc3ccc(N(C(=O)c4ccc(C)cc4)C(C)C)c(C(=O)O)c3)c(C(F)(F)F)c2)ncn1. The average Bonchev–Trinajstić information content (AvgIpc) is 2.97. The summed E-state index contributed by atoms with van der Waals surface area (Å²) in [5.41, 5.74) is 0.0484. The van der Waals surface area contributed by atoms with Crippen LogP contribution in [0.2, 0.25) is 0 Å². The van der Waals surface area contributed by atoms with Crippen molar-refractivity contribution in [3.8, 4) is 17.5 Å². The van der Waals surface area contributed by atoms with E-state index in [1.807, 2.05) is 6.92 Å². The number of hydrogen-bond acceptors (Lipinski definition) is 8. The third-order valence-electron chi connectivity index (χ3n) is 6.24. The number of carboxylic acids is 1. The van der Waals surface area contributed by atoms with Gasteiger partial charge in [-0.05, 0) is 62.7 Å². The van der Waals surface area contributed by atoms with Gasteiger partial charge in [0.25, 0.3) is 5.91 Å². The van der Waals surface area contributed by atoms with Gasteiger partial charge in [0.05, 0.1) is 18.4 Å². The number of aromatic nitrogens is 3. The number of anilines is 2. The Balaban J connectivity index is 1.63. The first-order valence-electron chi connectivity index (χ1n) is 13.0. The number of aromatic carboxylic acids is 1. The van der Waals surface area contributed by atoms with Crippen LogP contribution in [0.15, 0.2) is 67.1 Å². The lowest BCUT2D eigenvalue weighted by molar-refractivity contribution is -0.138. The number of ether oxygens (including phenoxy) is 2. The van der Waals surface area contributed by atoms with E-state index in [1.165, 1.54) is 42.7 Å². The molecule has 4 aromatic rings. The summed E-state index contributed by atoms with van der Waals surface area (Å²) >= 11 is 0. The fourth-order valence-electron chi connectivity index (χ4n) is 4.15. The maximum Gasteiger partial charge on any atom is 0.421 e. The van der Waals surface area contributed by atoms with Crippen LogP contribution in [0.1, 0.15) is 51.3 Å². The number of halogens is 3. The fraction of sp³-hybridized carbons (Fsp3) is 0.233. The summed E-state index contributed by atoms with van der Waals surface area (Å²) in [6.45, 7) is 5.27. The van der Waals surface area contributed by atoms with E-state index in [4.69, 9.17) is 9.47 Å². The molecule has 0 aliphatic heterocycles. The molecule has 224 valence electrons. The van der Waals surface area contributed by atoms with Gasteiger partial charge in [-0.2, -0.15) is 13.2 Å². The van der Waals surface area contributed by atoms with Crippen LogP contribution < -0.4 is 19.7 Å². The molecule has 2 aromatic carbocycles. The number of alkyl halides is 3. The number of amides is 1. The summed E-state index contributed by atoms with van der Waals surface area (Å²) < 4.78 is 52.5. The molecule has 0 spiro atoms. The number of carboxylic acid groups (broad SMARTS) is 1. The summed E-state index contributed by atoms with van der Waals surface area (Å²) in [6.07, 6.45) is -2.39. The number of carbonyl (C=O) groups is 2. The molecule has 10 nitrogen and oxygen atoms in total.